The smallest absolute Gasteiger partial charge is 0.329 e. The van der Waals surface area contributed by atoms with Crippen molar-refractivity contribution < 1.29 is 43.3 Å². The van der Waals surface area contributed by atoms with E-state index in [4.69, 9.17) is 19.3 Å². The second-order valence-corrected chi connectivity index (χ2v) is 19.8. The molecular weight excluding hydrogens is 817 g/mol. The summed E-state index contributed by atoms with van der Waals surface area (Å²) in [6.07, 6.45) is 3.82. The summed E-state index contributed by atoms with van der Waals surface area (Å²) in [6, 6.07) is 5.67. The molecule has 0 unspecified atom stereocenters. The molecule has 2 heterocycles. The van der Waals surface area contributed by atoms with E-state index in [1.54, 1.807) is 41.9 Å². The van der Waals surface area contributed by atoms with Gasteiger partial charge in [-0.15, -0.1) is 0 Å². The standard InChI is InChI=1S/C49H82N6O9/c1-15-32(6)44(54(12)29-38(30(2)3)52-47(60)43(31(4)5)53(11)24-19-23-42(57)58)40(62-13)27-41(56)55-25-18-22-39(55)45(63-14)33(7)46(59)51-37(48(61)64-49(8,9)10)26-34-28-50-36-21-17-16-20-35(34)36/h16-17,20-21,28,30-33,37-40,43-45,50H,15,18-19,22-27,29H2,1-14H3,(H,51,59)(H,52,60)(H,57,58)/t32-,33+,37-,38+,39-,40-,43-,44-,45+/m0/s1. The molecule has 362 valence electrons. The van der Waals surface area contributed by atoms with Gasteiger partial charge < -0.3 is 39.8 Å². The van der Waals surface area contributed by atoms with Crippen LogP contribution in [0.25, 0.3) is 10.9 Å². The van der Waals surface area contributed by atoms with Crippen molar-refractivity contribution in [2.45, 2.75) is 162 Å². The summed E-state index contributed by atoms with van der Waals surface area (Å²) in [5.41, 5.74) is 1.05. The van der Waals surface area contributed by atoms with Crippen molar-refractivity contribution in [2.75, 3.05) is 47.9 Å². The average molecular weight is 899 g/mol. The van der Waals surface area contributed by atoms with Gasteiger partial charge in [0.1, 0.15) is 11.6 Å². The number of amides is 3. The van der Waals surface area contributed by atoms with Crippen molar-refractivity contribution >= 4 is 40.6 Å². The number of carbonyl (C=O) groups excluding carboxylic acids is 4. The van der Waals surface area contributed by atoms with E-state index >= 15 is 0 Å². The number of nitrogens with zero attached hydrogens (tertiary/aromatic N) is 3. The van der Waals surface area contributed by atoms with E-state index in [1.165, 1.54) is 0 Å². The fourth-order valence-electron chi connectivity index (χ4n) is 9.39. The number of fused-ring (bicyclic) bond motifs is 1. The molecule has 15 heteroatoms. The number of likely N-dealkylation sites (tertiary alicyclic amines) is 1. The fraction of sp³-hybridized carbons (Fsp3) is 0.735. The molecule has 2 aromatic rings. The monoisotopic (exact) mass is 899 g/mol. The maximum absolute atomic E-state index is 14.5. The number of H-pyrrole nitrogens is 1. The van der Waals surface area contributed by atoms with Crippen LogP contribution in [0.5, 0.6) is 0 Å². The van der Waals surface area contributed by atoms with Crippen LogP contribution >= 0.6 is 0 Å². The Morgan fingerprint density at radius 1 is 0.938 bits per heavy atom. The minimum absolute atomic E-state index is 0.00624. The van der Waals surface area contributed by atoms with Crippen molar-refractivity contribution in [2.24, 2.45) is 23.7 Å². The largest absolute Gasteiger partial charge is 0.481 e. The van der Waals surface area contributed by atoms with Crippen molar-refractivity contribution in [1.82, 2.24) is 30.3 Å². The number of aromatic nitrogens is 1. The first-order valence-electron chi connectivity index (χ1n) is 23.4. The van der Waals surface area contributed by atoms with Crippen LogP contribution in [-0.4, -0.2) is 150 Å². The fourth-order valence-corrected chi connectivity index (χ4v) is 9.39. The number of carbonyl (C=O) groups is 5. The lowest BCUT2D eigenvalue weighted by Crippen LogP contribution is -2.57. The van der Waals surface area contributed by atoms with E-state index in [1.807, 2.05) is 68.2 Å². The molecule has 0 spiro atoms. The van der Waals surface area contributed by atoms with E-state index in [0.717, 1.165) is 29.3 Å². The Morgan fingerprint density at radius 3 is 2.19 bits per heavy atom. The highest BCUT2D eigenvalue weighted by Crippen LogP contribution is 2.30. The molecule has 9 atom stereocenters. The Morgan fingerprint density at radius 2 is 1.61 bits per heavy atom. The number of carboxylic acid groups (broad SMARTS) is 1. The highest BCUT2D eigenvalue weighted by atomic mass is 16.6. The number of nitrogens with one attached hydrogen (secondary N) is 3. The molecule has 1 aromatic carbocycles. The van der Waals surface area contributed by atoms with Gasteiger partial charge >= 0.3 is 11.9 Å². The molecule has 1 aliphatic heterocycles. The number of esters is 1. The predicted molar refractivity (Wildman–Crippen MR) is 251 cm³/mol. The van der Waals surface area contributed by atoms with Crippen molar-refractivity contribution in [3.8, 4) is 0 Å². The quantitative estimate of drug-likeness (QED) is 0.0827. The molecule has 4 N–H and O–H groups in total. The number of aromatic amines is 1. The number of para-hydroxylation sites is 1. The van der Waals surface area contributed by atoms with Gasteiger partial charge in [-0.3, -0.25) is 29.0 Å². The van der Waals surface area contributed by atoms with E-state index < -0.39 is 47.7 Å². The van der Waals surface area contributed by atoms with Gasteiger partial charge in [-0.05, 0) is 90.1 Å². The lowest BCUT2D eigenvalue weighted by molar-refractivity contribution is -0.159. The first-order valence-corrected chi connectivity index (χ1v) is 23.4. The number of benzene rings is 1. The van der Waals surface area contributed by atoms with Crippen LogP contribution < -0.4 is 10.6 Å². The summed E-state index contributed by atoms with van der Waals surface area (Å²) in [7, 11) is 7.09. The Kier molecular flexibility index (Phi) is 21.2. The van der Waals surface area contributed by atoms with Crippen LogP contribution in [0.3, 0.4) is 0 Å². The highest BCUT2D eigenvalue weighted by molar-refractivity contribution is 5.88. The number of ether oxygens (including phenoxy) is 3. The number of likely N-dealkylation sites (N-methyl/N-ethyl adjacent to an activating group) is 2. The minimum Gasteiger partial charge on any atom is -0.481 e. The Balaban J connectivity index is 1.78. The van der Waals surface area contributed by atoms with E-state index in [-0.39, 0.29) is 72.9 Å². The molecule has 0 bridgehead atoms. The third-order valence-electron chi connectivity index (χ3n) is 13.0. The molecule has 0 aliphatic carbocycles. The number of hydrogen-bond donors (Lipinski definition) is 4. The third-order valence-corrected chi connectivity index (χ3v) is 13.0. The normalized spacial score (nSPS) is 18.5. The molecule has 3 amide bonds. The van der Waals surface area contributed by atoms with E-state index in [2.05, 4.69) is 48.2 Å². The number of methoxy groups -OCH3 is 2. The van der Waals surface area contributed by atoms with Gasteiger partial charge in [0.15, 0.2) is 0 Å². The van der Waals surface area contributed by atoms with Crippen molar-refractivity contribution in [3.63, 3.8) is 0 Å². The van der Waals surface area contributed by atoms with Crippen LogP contribution in [0.1, 0.15) is 113 Å². The molecular formula is C49H82N6O9. The highest BCUT2D eigenvalue weighted by Gasteiger charge is 2.43. The van der Waals surface area contributed by atoms with Crippen LogP contribution in [0.2, 0.25) is 0 Å². The summed E-state index contributed by atoms with van der Waals surface area (Å²) in [5.74, 6) is -2.40. The molecule has 0 radical (unpaired) electrons. The maximum atomic E-state index is 14.5. The van der Waals surface area contributed by atoms with E-state index in [9.17, 15) is 24.0 Å². The van der Waals surface area contributed by atoms with Gasteiger partial charge in [-0.2, -0.15) is 0 Å². The predicted octanol–water partition coefficient (Wildman–Crippen LogP) is 5.89. The Bertz CT molecular complexity index is 1810. The maximum Gasteiger partial charge on any atom is 0.329 e. The van der Waals surface area contributed by atoms with Gasteiger partial charge in [-0.1, -0.05) is 73.1 Å². The summed E-state index contributed by atoms with van der Waals surface area (Å²) in [6.45, 7) is 21.1. The van der Waals surface area contributed by atoms with Crippen LogP contribution in [-0.2, 0) is 44.6 Å². The van der Waals surface area contributed by atoms with Gasteiger partial charge in [0.05, 0.1) is 36.6 Å². The van der Waals surface area contributed by atoms with Gasteiger partial charge in [0.25, 0.3) is 0 Å². The van der Waals surface area contributed by atoms with Gasteiger partial charge in [0.2, 0.25) is 17.7 Å². The average Bonchev–Trinajstić information content (AvgIpc) is 3.87. The zero-order chi connectivity index (χ0) is 48.1. The zero-order valence-corrected chi connectivity index (χ0v) is 41.4. The lowest BCUT2D eigenvalue weighted by Gasteiger charge is -2.41. The van der Waals surface area contributed by atoms with Crippen molar-refractivity contribution in [3.05, 3.63) is 36.0 Å². The summed E-state index contributed by atoms with van der Waals surface area (Å²) in [5, 5.41) is 16.4. The van der Waals surface area contributed by atoms with Gasteiger partial charge in [-0.25, -0.2) is 4.79 Å². The summed E-state index contributed by atoms with van der Waals surface area (Å²) >= 11 is 0. The first-order chi connectivity index (χ1) is 30.0. The Hall–Kier alpha value is -4.05. The summed E-state index contributed by atoms with van der Waals surface area (Å²) in [4.78, 5) is 76.5. The lowest BCUT2D eigenvalue weighted by atomic mass is 9.89. The molecule has 1 fully saturated rings. The third kappa shape index (κ3) is 15.3. The second kappa shape index (κ2) is 25.0. The molecule has 1 saturated heterocycles. The second-order valence-electron chi connectivity index (χ2n) is 19.8. The number of aliphatic carboxylic acids is 1. The first kappa shape index (κ1) is 54.3. The molecule has 64 heavy (non-hydrogen) atoms. The number of hydrogen-bond acceptors (Lipinski definition) is 10. The zero-order valence-electron chi connectivity index (χ0n) is 41.4. The molecule has 15 nitrogen and oxygen atoms in total. The van der Waals surface area contributed by atoms with E-state index in [0.29, 0.717) is 32.5 Å². The molecule has 3 rings (SSSR count). The Labute approximate surface area is 383 Å². The number of rotatable bonds is 26. The summed E-state index contributed by atoms with van der Waals surface area (Å²) < 4.78 is 18.0. The SMILES string of the molecule is CC[C@H](C)[C@@H]([C@H](CC(=O)N1CCC[C@H]1[C@H](OC)[C@@H](C)C(=O)N[C@@H](Cc1c[nH]c2ccccc12)C(=O)OC(C)(C)C)OC)N(C)C[C@@H](NC(=O)[C@H](C(C)C)N(C)CCCC(=O)O)C(C)C. The number of carboxylic acids is 1. The van der Waals surface area contributed by atoms with Crippen LogP contribution in [0.4, 0.5) is 0 Å². The molecule has 1 aliphatic rings. The molecule has 1 aromatic heterocycles. The topological polar surface area (TPSA) is 183 Å². The van der Waals surface area contributed by atoms with Crippen LogP contribution in [0, 0.1) is 23.7 Å². The van der Waals surface area contributed by atoms with Crippen molar-refractivity contribution in [1.29, 1.82) is 0 Å². The van der Waals surface area contributed by atoms with Crippen LogP contribution in [0.15, 0.2) is 30.5 Å². The van der Waals surface area contributed by atoms with Gasteiger partial charge in [0, 0.05) is 69.3 Å². The minimum atomic E-state index is -0.957. The molecule has 0 saturated carbocycles.